The van der Waals surface area contributed by atoms with Crippen molar-refractivity contribution in [2.24, 2.45) is 0 Å². The summed E-state index contributed by atoms with van der Waals surface area (Å²) in [6, 6.07) is 7.29. The molecule has 5 heteroatoms. The molecule has 84 valence electrons. The van der Waals surface area contributed by atoms with Gasteiger partial charge in [-0.1, -0.05) is 11.6 Å². The number of furan rings is 1. The van der Waals surface area contributed by atoms with Crippen molar-refractivity contribution in [3.05, 3.63) is 47.0 Å². The van der Waals surface area contributed by atoms with E-state index in [1.54, 1.807) is 30.2 Å². The van der Waals surface area contributed by atoms with Crippen molar-refractivity contribution in [2.45, 2.75) is 11.5 Å². The van der Waals surface area contributed by atoms with E-state index in [0.717, 1.165) is 23.0 Å². The van der Waals surface area contributed by atoms with Gasteiger partial charge < -0.3 is 10.2 Å². The van der Waals surface area contributed by atoms with Gasteiger partial charge in [-0.15, -0.1) is 11.8 Å². The monoisotopic (exact) mass is 254 g/mol. The molecule has 0 bridgehead atoms. The Labute approximate surface area is 103 Å². The molecule has 2 aromatic heterocycles. The van der Waals surface area contributed by atoms with Crippen LogP contribution in [0.3, 0.4) is 0 Å². The van der Waals surface area contributed by atoms with Crippen LogP contribution in [0, 0.1) is 0 Å². The Hall–Kier alpha value is -1.13. The number of nitrogen functional groups attached to an aromatic ring is 1. The summed E-state index contributed by atoms with van der Waals surface area (Å²) in [7, 11) is 0. The minimum absolute atomic E-state index is 0.498. The number of anilines is 1. The second kappa shape index (κ2) is 5.27. The van der Waals surface area contributed by atoms with Crippen molar-refractivity contribution in [3.8, 4) is 0 Å². The maximum atomic E-state index is 6.00. The molecule has 0 spiro atoms. The molecule has 2 N–H and O–H groups in total. The average Bonchev–Trinajstić information content (AvgIpc) is 2.76. The lowest BCUT2D eigenvalue weighted by Crippen LogP contribution is -1.95. The van der Waals surface area contributed by atoms with Crippen LogP contribution in [0.25, 0.3) is 0 Å². The number of halogens is 1. The van der Waals surface area contributed by atoms with Gasteiger partial charge in [-0.25, -0.2) is 4.98 Å². The lowest BCUT2D eigenvalue weighted by Gasteiger charge is -2.03. The number of thioether (sulfide) groups is 1. The van der Waals surface area contributed by atoms with Crippen LogP contribution in [0.4, 0.5) is 5.82 Å². The number of aromatic nitrogens is 1. The van der Waals surface area contributed by atoms with E-state index >= 15 is 0 Å². The van der Waals surface area contributed by atoms with E-state index in [1.165, 1.54) is 0 Å². The molecule has 0 fully saturated rings. The highest BCUT2D eigenvalue weighted by Gasteiger charge is 2.04. The number of pyridine rings is 1. The highest BCUT2D eigenvalue weighted by Crippen LogP contribution is 2.22. The molecule has 2 rings (SSSR count). The Balaban J connectivity index is 1.92. The summed E-state index contributed by atoms with van der Waals surface area (Å²) in [6.45, 7) is 0. The van der Waals surface area contributed by atoms with Gasteiger partial charge in [0.25, 0.3) is 0 Å². The van der Waals surface area contributed by atoms with Crippen molar-refractivity contribution in [2.75, 3.05) is 5.73 Å². The van der Waals surface area contributed by atoms with Gasteiger partial charge in [0.2, 0.25) is 0 Å². The summed E-state index contributed by atoms with van der Waals surface area (Å²) in [5.41, 5.74) is 6.41. The van der Waals surface area contributed by atoms with E-state index in [9.17, 15) is 0 Å². The van der Waals surface area contributed by atoms with E-state index in [0.29, 0.717) is 10.8 Å². The van der Waals surface area contributed by atoms with Crippen LogP contribution in [0.2, 0.25) is 5.02 Å². The quantitative estimate of drug-likeness (QED) is 0.909. The van der Waals surface area contributed by atoms with Crippen molar-refractivity contribution in [1.29, 1.82) is 0 Å². The smallest absolute Gasteiger partial charge is 0.123 e. The molecule has 0 amide bonds. The first-order chi connectivity index (χ1) is 7.75. The molecule has 0 aromatic carbocycles. The summed E-state index contributed by atoms with van der Waals surface area (Å²) >= 11 is 7.69. The molecule has 0 radical (unpaired) electrons. The maximum absolute atomic E-state index is 6.00. The van der Waals surface area contributed by atoms with Crippen LogP contribution in [0.1, 0.15) is 11.5 Å². The fourth-order valence-electron chi connectivity index (χ4n) is 1.25. The van der Waals surface area contributed by atoms with E-state index in [4.69, 9.17) is 21.8 Å². The van der Waals surface area contributed by atoms with Crippen LogP contribution >= 0.6 is 23.4 Å². The highest BCUT2D eigenvalue weighted by atomic mass is 35.5. The fourth-order valence-corrected chi connectivity index (χ4v) is 2.38. The highest BCUT2D eigenvalue weighted by molar-refractivity contribution is 7.97. The largest absolute Gasteiger partial charge is 0.468 e. The molecule has 16 heavy (non-hydrogen) atoms. The van der Waals surface area contributed by atoms with Crippen LogP contribution in [-0.2, 0) is 11.5 Å². The van der Waals surface area contributed by atoms with Crippen molar-refractivity contribution >= 4 is 29.2 Å². The van der Waals surface area contributed by atoms with E-state index in [-0.39, 0.29) is 0 Å². The zero-order valence-electron chi connectivity index (χ0n) is 8.52. The third-order valence-corrected chi connectivity index (χ3v) is 3.31. The average molecular weight is 255 g/mol. The number of hydrogen-bond acceptors (Lipinski definition) is 4. The Morgan fingerprint density at radius 1 is 1.31 bits per heavy atom. The van der Waals surface area contributed by atoms with Crippen LogP contribution in [-0.4, -0.2) is 4.98 Å². The Morgan fingerprint density at radius 2 is 2.19 bits per heavy atom. The first kappa shape index (κ1) is 11.4. The summed E-state index contributed by atoms with van der Waals surface area (Å²) in [4.78, 5) is 4.19. The number of rotatable bonds is 4. The van der Waals surface area contributed by atoms with Gasteiger partial charge in [0.05, 0.1) is 22.7 Å². The molecule has 0 saturated carbocycles. The Morgan fingerprint density at radius 3 is 2.94 bits per heavy atom. The van der Waals surface area contributed by atoms with Crippen LogP contribution in [0.5, 0.6) is 0 Å². The maximum Gasteiger partial charge on any atom is 0.123 e. The minimum atomic E-state index is 0.498. The normalized spacial score (nSPS) is 10.6. The first-order valence-electron chi connectivity index (χ1n) is 4.77. The van der Waals surface area contributed by atoms with Gasteiger partial charge >= 0.3 is 0 Å². The summed E-state index contributed by atoms with van der Waals surface area (Å²) in [6.07, 6.45) is 1.67. The fraction of sp³-hybridized carbons (Fsp3) is 0.182. The van der Waals surface area contributed by atoms with Crippen LogP contribution in [0.15, 0.2) is 34.9 Å². The second-order valence-electron chi connectivity index (χ2n) is 3.24. The molecular weight excluding hydrogens is 244 g/mol. The second-order valence-corrected chi connectivity index (χ2v) is 4.63. The number of nitrogens with zero attached hydrogens (tertiary/aromatic N) is 1. The van der Waals surface area contributed by atoms with Gasteiger partial charge in [-0.2, -0.15) is 0 Å². The lowest BCUT2D eigenvalue weighted by atomic mass is 10.4. The number of nitrogens with two attached hydrogens (primary N) is 1. The van der Waals surface area contributed by atoms with Gasteiger partial charge in [-0.05, 0) is 24.3 Å². The SMILES string of the molecule is Nc1ccc(Cl)c(CSCc2ccco2)n1. The van der Waals surface area contributed by atoms with Gasteiger partial charge in [-0.3, -0.25) is 0 Å². The first-order valence-corrected chi connectivity index (χ1v) is 6.30. The molecular formula is C11H11ClN2OS. The third kappa shape index (κ3) is 2.93. The van der Waals surface area contributed by atoms with E-state index in [1.807, 2.05) is 12.1 Å². The van der Waals surface area contributed by atoms with Gasteiger partial charge in [0.15, 0.2) is 0 Å². The summed E-state index contributed by atoms with van der Waals surface area (Å²) in [5, 5.41) is 0.654. The predicted molar refractivity (Wildman–Crippen MR) is 67.4 cm³/mol. The van der Waals surface area contributed by atoms with E-state index in [2.05, 4.69) is 4.98 Å². The van der Waals surface area contributed by atoms with Gasteiger partial charge in [0.1, 0.15) is 11.6 Å². The molecule has 2 aromatic rings. The lowest BCUT2D eigenvalue weighted by molar-refractivity contribution is 0.530. The standard InChI is InChI=1S/C11H11ClN2OS/c12-9-3-4-11(13)14-10(9)7-16-6-8-2-1-5-15-8/h1-5H,6-7H2,(H2,13,14). The Bertz CT molecular complexity index is 459. The summed E-state index contributed by atoms with van der Waals surface area (Å²) < 4.78 is 5.23. The van der Waals surface area contributed by atoms with Gasteiger partial charge in [0, 0.05) is 5.75 Å². The predicted octanol–water partition coefficient (Wildman–Crippen LogP) is 3.34. The van der Waals surface area contributed by atoms with Crippen molar-refractivity contribution in [3.63, 3.8) is 0 Å². The third-order valence-electron chi connectivity index (χ3n) is 2.00. The molecule has 0 aliphatic heterocycles. The topological polar surface area (TPSA) is 52.0 Å². The number of hydrogen-bond donors (Lipinski definition) is 1. The Kier molecular flexibility index (Phi) is 3.74. The van der Waals surface area contributed by atoms with E-state index < -0.39 is 0 Å². The van der Waals surface area contributed by atoms with Crippen molar-refractivity contribution < 1.29 is 4.42 Å². The zero-order chi connectivity index (χ0) is 11.4. The summed E-state index contributed by atoms with van der Waals surface area (Å²) in [5.74, 6) is 2.98. The molecule has 0 aliphatic rings. The molecule has 2 heterocycles. The molecule has 3 nitrogen and oxygen atoms in total. The van der Waals surface area contributed by atoms with Crippen molar-refractivity contribution in [1.82, 2.24) is 4.98 Å². The minimum Gasteiger partial charge on any atom is -0.468 e. The van der Waals surface area contributed by atoms with Crippen LogP contribution < -0.4 is 5.73 Å². The molecule has 0 atom stereocenters. The molecule has 0 aliphatic carbocycles. The molecule has 0 saturated heterocycles. The molecule has 0 unspecified atom stereocenters. The zero-order valence-corrected chi connectivity index (χ0v) is 10.1.